The lowest BCUT2D eigenvalue weighted by atomic mass is 9.78. The van der Waals surface area contributed by atoms with Crippen LogP contribution in [0.25, 0.3) is 0 Å². The van der Waals surface area contributed by atoms with Crippen LogP contribution in [-0.4, -0.2) is 44.5 Å². The fraction of sp³-hybridized carbons (Fsp3) is 0.308. The summed E-state index contributed by atoms with van der Waals surface area (Å²) in [6, 6.07) is 10.9. The van der Waals surface area contributed by atoms with Gasteiger partial charge in [0, 0.05) is 6.07 Å². The molecule has 0 saturated carbocycles. The molecule has 1 heterocycles. The van der Waals surface area contributed by atoms with Crippen molar-refractivity contribution in [3.05, 3.63) is 60.2 Å². The maximum absolute atomic E-state index is 12.9. The van der Waals surface area contributed by atoms with Gasteiger partial charge < -0.3 is 19.5 Å². The van der Waals surface area contributed by atoms with E-state index in [0.29, 0.717) is 29.3 Å². The number of imide groups is 1. The maximum atomic E-state index is 12.9. The fourth-order valence-corrected chi connectivity index (χ4v) is 4.46. The molecule has 35 heavy (non-hydrogen) atoms. The van der Waals surface area contributed by atoms with Crippen molar-refractivity contribution in [1.82, 2.24) is 0 Å². The smallest absolute Gasteiger partial charge is 0.338 e. The Morgan fingerprint density at radius 2 is 1.77 bits per heavy atom. The Hall–Kier alpha value is -4.14. The SMILES string of the molecule is COc1ccc(OC)c(NC(=O)COC(=O)c2ccc(N3C(=O)[C@@H]4[C@H](C)C=CC[C@H]4C3=O)cc2)c1. The summed E-state index contributed by atoms with van der Waals surface area (Å²) >= 11 is 0. The van der Waals surface area contributed by atoms with Gasteiger partial charge in [0.05, 0.1) is 43.0 Å². The van der Waals surface area contributed by atoms with Crippen molar-refractivity contribution in [1.29, 1.82) is 0 Å². The van der Waals surface area contributed by atoms with Gasteiger partial charge in [-0.3, -0.25) is 19.3 Å². The van der Waals surface area contributed by atoms with E-state index in [1.165, 1.54) is 43.4 Å². The number of nitrogens with zero attached hydrogens (tertiary/aromatic N) is 1. The molecule has 1 saturated heterocycles. The van der Waals surface area contributed by atoms with Crippen LogP contribution in [0.4, 0.5) is 11.4 Å². The average Bonchev–Trinajstić information content (AvgIpc) is 3.13. The van der Waals surface area contributed by atoms with E-state index >= 15 is 0 Å². The number of methoxy groups -OCH3 is 2. The number of ether oxygens (including phenoxy) is 3. The number of nitrogens with one attached hydrogen (secondary N) is 1. The van der Waals surface area contributed by atoms with Crippen molar-refractivity contribution in [2.75, 3.05) is 31.0 Å². The minimum atomic E-state index is -0.713. The number of rotatable bonds is 7. The molecule has 1 fully saturated rings. The van der Waals surface area contributed by atoms with Crippen LogP contribution in [0.3, 0.4) is 0 Å². The highest BCUT2D eigenvalue weighted by atomic mass is 16.5. The number of fused-ring (bicyclic) bond motifs is 1. The number of esters is 1. The molecule has 182 valence electrons. The molecule has 0 aromatic heterocycles. The molecule has 3 amide bonds. The van der Waals surface area contributed by atoms with Gasteiger partial charge in [0.25, 0.3) is 5.91 Å². The second-order valence-corrected chi connectivity index (χ2v) is 8.40. The third-order valence-corrected chi connectivity index (χ3v) is 6.25. The Kier molecular flexibility index (Phi) is 6.86. The van der Waals surface area contributed by atoms with E-state index in [2.05, 4.69) is 5.32 Å². The summed E-state index contributed by atoms with van der Waals surface area (Å²) in [5, 5.41) is 2.62. The number of benzene rings is 2. The number of carbonyl (C=O) groups excluding carboxylic acids is 4. The lowest BCUT2D eigenvalue weighted by Crippen LogP contribution is -2.31. The quantitative estimate of drug-likeness (QED) is 0.370. The molecule has 9 nitrogen and oxygen atoms in total. The molecular formula is C26H26N2O7. The van der Waals surface area contributed by atoms with Crippen LogP contribution < -0.4 is 19.7 Å². The van der Waals surface area contributed by atoms with Gasteiger partial charge in [-0.25, -0.2) is 4.79 Å². The molecule has 1 aliphatic carbocycles. The van der Waals surface area contributed by atoms with E-state index < -0.39 is 18.5 Å². The van der Waals surface area contributed by atoms with Crippen LogP contribution in [0, 0.1) is 17.8 Å². The van der Waals surface area contributed by atoms with Gasteiger partial charge in [0.2, 0.25) is 11.8 Å². The van der Waals surface area contributed by atoms with Crippen LogP contribution in [0.2, 0.25) is 0 Å². The lowest BCUT2D eigenvalue weighted by Gasteiger charge is -2.22. The monoisotopic (exact) mass is 478 g/mol. The standard InChI is InChI=1S/C26H26N2O7/c1-15-5-4-6-19-23(15)25(31)28(24(19)30)17-9-7-16(8-10-17)26(32)35-14-22(29)27-20-13-18(33-2)11-12-21(20)34-3/h4-5,7-13,15,19,23H,6,14H2,1-3H3,(H,27,29)/t15-,19-,23-/m1/s1. The van der Waals surface area contributed by atoms with Gasteiger partial charge in [-0.1, -0.05) is 19.1 Å². The summed E-state index contributed by atoms with van der Waals surface area (Å²) in [6.07, 6.45) is 4.46. The summed E-state index contributed by atoms with van der Waals surface area (Å²) in [7, 11) is 2.97. The highest BCUT2D eigenvalue weighted by molar-refractivity contribution is 6.22. The molecule has 0 bridgehead atoms. The van der Waals surface area contributed by atoms with Crippen LogP contribution in [-0.2, 0) is 19.1 Å². The molecule has 2 aliphatic rings. The number of hydrogen-bond donors (Lipinski definition) is 1. The van der Waals surface area contributed by atoms with Crippen LogP contribution in [0.1, 0.15) is 23.7 Å². The van der Waals surface area contributed by atoms with E-state index in [9.17, 15) is 19.2 Å². The number of allylic oxidation sites excluding steroid dienone is 2. The van der Waals surface area contributed by atoms with Gasteiger partial charge in [-0.05, 0) is 48.7 Å². The predicted molar refractivity (Wildman–Crippen MR) is 127 cm³/mol. The second-order valence-electron chi connectivity index (χ2n) is 8.40. The van der Waals surface area contributed by atoms with Crippen molar-refractivity contribution in [3.8, 4) is 11.5 Å². The Balaban J connectivity index is 1.37. The third kappa shape index (κ3) is 4.75. The van der Waals surface area contributed by atoms with Crippen molar-refractivity contribution < 1.29 is 33.4 Å². The molecule has 0 spiro atoms. The van der Waals surface area contributed by atoms with E-state index in [4.69, 9.17) is 14.2 Å². The minimum Gasteiger partial charge on any atom is -0.497 e. The van der Waals surface area contributed by atoms with Crippen molar-refractivity contribution in [3.63, 3.8) is 0 Å². The molecule has 0 unspecified atom stereocenters. The Bertz CT molecular complexity index is 1190. The van der Waals surface area contributed by atoms with E-state index in [0.717, 1.165) is 0 Å². The molecule has 0 radical (unpaired) electrons. The number of amides is 3. The first-order chi connectivity index (χ1) is 16.8. The molecule has 2 aromatic rings. The fourth-order valence-electron chi connectivity index (χ4n) is 4.46. The molecular weight excluding hydrogens is 452 g/mol. The molecule has 9 heteroatoms. The largest absolute Gasteiger partial charge is 0.497 e. The summed E-state index contributed by atoms with van der Waals surface area (Å²) in [6.45, 7) is 1.42. The molecule has 3 atom stereocenters. The maximum Gasteiger partial charge on any atom is 0.338 e. The predicted octanol–water partition coefficient (Wildman–Crippen LogP) is 3.20. The zero-order valence-electron chi connectivity index (χ0n) is 19.6. The first-order valence-corrected chi connectivity index (χ1v) is 11.2. The van der Waals surface area contributed by atoms with Crippen LogP contribution >= 0.6 is 0 Å². The van der Waals surface area contributed by atoms with Crippen molar-refractivity contribution >= 4 is 35.1 Å². The van der Waals surface area contributed by atoms with Crippen molar-refractivity contribution in [2.45, 2.75) is 13.3 Å². The highest BCUT2D eigenvalue weighted by Gasteiger charge is 2.50. The average molecular weight is 479 g/mol. The Morgan fingerprint density at radius 1 is 1.03 bits per heavy atom. The zero-order valence-corrected chi connectivity index (χ0v) is 19.6. The van der Waals surface area contributed by atoms with Crippen molar-refractivity contribution in [2.24, 2.45) is 17.8 Å². The summed E-state index contributed by atoms with van der Waals surface area (Å²) in [4.78, 5) is 51.7. The second kappa shape index (κ2) is 10.0. The Morgan fingerprint density at radius 3 is 2.43 bits per heavy atom. The summed E-state index contributed by atoms with van der Waals surface area (Å²) < 4.78 is 15.5. The van der Waals surface area contributed by atoms with Crippen LogP contribution in [0.15, 0.2) is 54.6 Å². The molecule has 1 aliphatic heterocycles. The number of anilines is 2. The van der Waals surface area contributed by atoms with E-state index in [1.54, 1.807) is 18.2 Å². The summed E-state index contributed by atoms with van der Waals surface area (Å²) in [5.41, 5.74) is 0.968. The topological polar surface area (TPSA) is 111 Å². The summed E-state index contributed by atoms with van der Waals surface area (Å²) in [5.74, 6) is -1.49. The van der Waals surface area contributed by atoms with Gasteiger partial charge in [0.15, 0.2) is 6.61 Å². The van der Waals surface area contributed by atoms with Gasteiger partial charge >= 0.3 is 5.97 Å². The van der Waals surface area contributed by atoms with Gasteiger partial charge in [-0.2, -0.15) is 0 Å². The third-order valence-electron chi connectivity index (χ3n) is 6.25. The normalized spacial score (nSPS) is 20.9. The minimum absolute atomic E-state index is 0.00691. The Labute approximate surface area is 202 Å². The van der Waals surface area contributed by atoms with Gasteiger partial charge in [0.1, 0.15) is 11.5 Å². The van der Waals surface area contributed by atoms with Crippen LogP contribution in [0.5, 0.6) is 11.5 Å². The lowest BCUT2D eigenvalue weighted by molar-refractivity contribution is -0.123. The van der Waals surface area contributed by atoms with E-state index in [-0.39, 0.29) is 35.1 Å². The number of hydrogen-bond acceptors (Lipinski definition) is 7. The highest BCUT2D eigenvalue weighted by Crippen LogP contribution is 2.40. The zero-order chi connectivity index (χ0) is 25.1. The first-order valence-electron chi connectivity index (χ1n) is 11.2. The molecule has 4 rings (SSSR count). The molecule has 1 N–H and O–H groups in total. The van der Waals surface area contributed by atoms with E-state index in [1.807, 2.05) is 19.1 Å². The first kappa shape index (κ1) is 24.0. The number of carbonyl (C=O) groups is 4. The molecule has 2 aromatic carbocycles. The van der Waals surface area contributed by atoms with Gasteiger partial charge in [-0.15, -0.1) is 0 Å².